The van der Waals surface area contributed by atoms with Gasteiger partial charge in [-0.2, -0.15) is 0 Å². The molecule has 0 radical (unpaired) electrons. The number of nitrogens with zero attached hydrogens (tertiary/aromatic N) is 1. The van der Waals surface area contributed by atoms with Crippen molar-refractivity contribution in [3.8, 4) is 0 Å². The van der Waals surface area contributed by atoms with Crippen molar-refractivity contribution >= 4 is 18.4 Å². The van der Waals surface area contributed by atoms with E-state index in [4.69, 9.17) is 16.4 Å². The van der Waals surface area contributed by atoms with Crippen LogP contribution < -0.4 is 0 Å². The number of carbonyl (C=O) groups is 1. The molecule has 0 saturated carbocycles. The minimum absolute atomic E-state index is 0.324. The predicted molar refractivity (Wildman–Crippen MR) is 36.3 cm³/mol. The highest BCUT2D eigenvalue weighted by atomic mass is 35.5. The van der Waals surface area contributed by atoms with Gasteiger partial charge < -0.3 is 4.79 Å². The molecule has 0 aliphatic rings. The lowest BCUT2D eigenvalue weighted by atomic mass is 10.5. The summed E-state index contributed by atoms with van der Waals surface area (Å²) >= 11 is 5.34. The molecular weight excluding hydrogens is 157 g/mol. The third kappa shape index (κ3) is 3.14. The van der Waals surface area contributed by atoms with Crippen molar-refractivity contribution in [3.63, 3.8) is 0 Å². The van der Waals surface area contributed by atoms with E-state index in [1.165, 1.54) is 12.3 Å². The molecule has 0 amide bonds. The fraction of sp³-hybridized carbons (Fsp3) is 0. The van der Waals surface area contributed by atoms with Crippen molar-refractivity contribution in [3.05, 3.63) is 29.3 Å². The molecule has 0 fully saturated rings. The smallest absolute Gasteiger partial charge is 0.142 e. The van der Waals surface area contributed by atoms with Gasteiger partial charge in [-0.15, -0.1) is 0 Å². The Morgan fingerprint density at radius 1 is 1.50 bits per heavy atom. The highest BCUT2D eigenvalue weighted by Gasteiger charge is 1.87. The maximum Gasteiger partial charge on any atom is 0.142 e. The van der Waals surface area contributed by atoms with Crippen LogP contribution >= 0.6 is 11.6 Å². The van der Waals surface area contributed by atoms with Crippen molar-refractivity contribution in [1.82, 2.24) is 4.98 Å². The Balaban J connectivity index is 0.000000371. The Labute approximate surface area is 62.7 Å². The Kier molecular flexibility index (Phi) is 4.41. The van der Waals surface area contributed by atoms with Crippen LogP contribution in [0.1, 0.15) is 0 Å². The van der Waals surface area contributed by atoms with Crippen LogP contribution in [0.5, 0.6) is 0 Å². The van der Waals surface area contributed by atoms with Crippen LogP contribution in [0.25, 0.3) is 0 Å². The van der Waals surface area contributed by atoms with Gasteiger partial charge in [-0.25, -0.2) is 4.39 Å². The highest BCUT2D eigenvalue weighted by molar-refractivity contribution is 6.30. The van der Waals surface area contributed by atoms with Gasteiger partial charge in [0.25, 0.3) is 0 Å². The molecule has 0 atom stereocenters. The molecule has 1 aromatic heterocycles. The quantitative estimate of drug-likeness (QED) is 0.580. The lowest BCUT2D eigenvalue weighted by Gasteiger charge is -1.84. The predicted octanol–water partition coefficient (Wildman–Crippen LogP) is 1.69. The molecule has 10 heavy (non-hydrogen) atoms. The van der Waals surface area contributed by atoms with Crippen molar-refractivity contribution < 1.29 is 9.18 Å². The highest BCUT2D eigenvalue weighted by Crippen LogP contribution is 2.05. The molecule has 4 heteroatoms. The number of rotatable bonds is 0. The zero-order valence-electron chi connectivity index (χ0n) is 5.05. The minimum atomic E-state index is -0.405. The van der Waals surface area contributed by atoms with E-state index in [1.807, 2.05) is 6.79 Å². The van der Waals surface area contributed by atoms with E-state index < -0.39 is 5.82 Å². The zero-order valence-corrected chi connectivity index (χ0v) is 5.81. The first kappa shape index (κ1) is 9.04. The molecule has 0 unspecified atom stereocenters. The summed E-state index contributed by atoms with van der Waals surface area (Å²) in [5.41, 5.74) is 0. The summed E-state index contributed by atoms with van der Waals surface area (Å²) in [6, 6.07) is 1.20. The lowest BCUT2D eigenvalue weighted by Crippen LogP contribution is -1.74. The summed E-state index contributed by atoms with van der Waals surface area (Å²) in [5.74, 6) is -0.405. The SMILES string of the molecule is C=O.Fc1cncc(Cl)c1. The largest absolute Gasteiger partial charge is 0.307 e. The van der Waals surface area contributed by atoms with Crippen LogP contribution in [0.3, 0.4) is 0 Å². The Morgan fingerprint density at radius 2 is 2.10 bits per heavy atom. The molecule has 0 saturated heterocycles. The van der Waals surface area contributed by atoms with Gasteiger partial charge in [-0.05, 0) is 6.07 Å². The normalized spacial score (nSPS) is 7.80. The Bertz CT molecular complexity index is 189. The molecule has 0 N–H and O–H groups in total. The van der Waals surface area contributed by atoms with Crippen LogP contribution in [0, 0.1) is 5.82 Å². The summed E-state index contributed by atoms with van der Waals surface area (Å²) < 4.78 is 12.0. The Morgan fingerprint density at radius 3 is 2.40 bits per heavy atom. The molecular formula is C6H5ClFNO. The maximum atomic E-state index is 12.0. The maximum absolute atomic E-state index is 12.0. The summed E-state index contributed by atoms with van der Waals surface area (Å²) in [4.78, 5) is 11.5. The molecule has 1 rings (SSSR count). The van der Waals surface area contributed by atoms with Gasteiger partial charge in [0.15, 0.2) is 0 Å². The fourth-order valence-electron chi connectivity index (χ4n) is 0.386. The van der Waals surface area contributed by atoms with Gasteiger partial charge in [-0.1, -0.05) is 11.6 Å². The molecule has 0 spiro atoms. The van der Waals surface area contributed by atoms with Crippen molar-refractivity contribution in [1.29, 1.82) is 0 Å². The zero-order chi connectivity index (χ0) is 7.98. The summed E-state index contributed by atoms with van der Waals surface area (Å²) in [7, 11) is 0. The van der Waals surface area contributed by atoms with Gasteiger partial charge in [0.2, 0.25) is 0 Å². The van der Waals surface area contributed by atoms with Crippen LogP contribution in [0.4, 0.5) is 4.39 Å². The molecule has 1 heterocycles. The summed E-state index contributed by atoms with van der Waals surface area (Å²) in [6.45, 7) is 2.00. The monoisotopic (exact) mass is 161 g/mol. The van der Waals surface area contributed by atoms with E-state index >= 15 is 0 Å². The second kappa shape index (κ2) is 4.88. The van der Waals surface area contributed by atoms with E-state index in [2.05, 4.69) is 4.98 Å². The van der Waals surface area contributed by atoms with E-state index in [1.54, 1.807) is 0 Å². The van der Waals surface area contributed by atoms with Gasteiger partial charge in [0.05, 0.1) is 11.2 Å². The first-order valence-corrected chi connectivity index (χ1v) is 2.72. The second-order valence-electron chi connectivity index (χ2n) is 1.32. The number of hydrogen-bond donors (Lipinski definition) is 0. The topological polar surface area (TPSA) is 30.0 Å². The van der Waals surface area contributed by atoms with Crippen LogP contribution in [0.15, 0.2) is 18.5 Å². The number of aromatic nitrogens is 1. The molecule has 0 bridgehead atoms. The third-order valence-corrected chi connectivity index (χ3v) is 0.878. The molecule has 0 aromatic carbocycles. The van der Waals surface area contributed by atoms with E-state index in [9.17, 15) is 4.39 Å². The minimum Gasteiger partial charge on any atom is -0.307 e. The average molecular weight is 162 g/mol. The van der Waals surface area contributed by atoms with Crippen molar-refractivity contribution in [2.75, 3.05) is 0 Å². The van der Waals surface area contributed by atoms with Crippen LogP contribution in [-0.4, -0.2) is 11.8 Å². The van der Waals surface area contributed by atoms with Gasteiger partial charge in [-0.3, -0.25) is 4.98 Å². The number of carbonyl (C=O) groups excluding carboxylic acids is 1. The molecule has 1 aromatic rings. The first-order chi connectivity index (χ1) is 4.79. The first-order valence-electron chi connectivity index (χ1n) is 2.34. The van der Waals surface area contributed by atoms with Gasteiger partial charge >= 0.3 is 0 Å². The van der Waals surface area contributed by atoms with Crippen LogP contribution in [0.2, 0.25) is 5.02 Å². The lowest BCUT2D eigenvalue weighted by molar-refractivity contribution is -0.0979. The van der Waals surface area contributed by atoms with Crippen molar-refractivity contribution in [2.45, 2.75) is 0 Å². The van der Waals surface area contributed by atoms with E-state index in [-0.39, 0.29) is 0 Å². The Hall–Kier alpha value is -0.960. The van der Waals surface area contributed by atoms with E-state index in [0.717, 1.165) is 6.20 Å². The average Bonchev–Trinajstić information content (AvgIpc) is 1.91. The molecule has 2 nitrogen and oxygen atoms in total. The third-order valence-electron chi connectivity index (χ3n) is 0.672. The molecule has 0 aliphatic heterocycles. The number of hydrogen-bond acceptors (Lipinski definition) is 2. The van der Waals surface area contributed by atoms with Gasteiger partial charge in [0, 0.05) is 6.20 Å². The van der Waals surface area contributed by atoms with Crippen LogP contribution in [-0.2, 0) is 4.79 Å². The molecule has 54 valence electrons. The van der Waals surface area contributed by atoms with E-state index in [0.29, 0.717) is 5.02 Å². The number of halogens is 2. The van der Waals surface area contributed by atoms with Gasteiger partial charge in [0.1, 0.15) is 12.6 Å². The number of pyridine rings is 1. The van der Waals surface area contributed by atoms with Crippen molar-refractivity contribution in [2.24, 2.45) is 0 Å². The summed E-state index contributed by atoms with van der Waals surface area (Å²) in [5, 5.41) is 0.324. The summed E-state index contributed by atoms with van der Waals surface area (Å²) in [6.07, 6.45) is 2.48. The fourth-order valence-corrected chi connectivity index (χ4v) is 0.547. The second-order valence-corrected chi connectivity index (χ2v) is 1.76. The molecule has 0 aliphatic carbocycles. The standard InChI is InChI=1S/C5H3ClFN.CH2O/c6-4-1-5(7)3-8-2-4;1-2/h1-3H;1H2.